The summed E-state index contributed by atoms with van der Waals surface area (Å²) >= 11 is 0. The van der Waals surface area contributed by atoms with Gasteiger partial charge in [-0.25, -0.2) is 9.97 Å². The second-order valence-electron chi connectivity index (χ2n) is 4.65. The quantitative estimate of drug-likeness (QED) is 0.566. The molecule has 2 N–H and O–H groups in total. The van der Waals surface area contributed by atoms with Gasteiger partial charge in [0.1, 0.15) is 6.29 Å². The number of aliphatic hydroxyl groups is 1. The number of hydrogen-bond acceptors (Lipinski definition) is 5. The van der Waals surface area contributed by atoms with Crippen molar-refractivity contribution in [2.24, 2.45) is 0 Å². The van der Waals surface area contributed by atoms with Crippen molar-refractivity contribution >= 4 is 6.29 Å². The highest BCUT2D eigenvalue weighted by molar-refractivity contribution is 5.66. The van der Waals surface area contributed by atoms with Crippen LogP contribution in [0.1, 0.15) is 17.7 Å². The molecule has 1 aromatic heterocycles. The van der Waals surface area contributed by atoms with E-state index in [0.717, 1.165) is 36.1 Å². The van der Waals surface area contributed by atoms with Crippen LogP contribution in [0.15, 0.2) is 36.5 Å². The first-order valence-electron chi connectivity index (χ1n) is 7.00. The number of nitrogens with zero attached hydrogens (tertiary/aromatic N) is 2. The summed E-state index contributed by atoms with van der Waals surface area (Å²) in [6.07, 6.45) is 3.70. The molecule has 0 radical (unpaired) electrons. The molecule has 5 heteroatoms. The largest absolute Gasteiger partial charge is 0.396 e. The summed E-state index contributed by atoms with van der Waals surface area (Å²) in [5.74, 6) is 0.633. The highest BCUT2D eigenvalue weighted by Gasteiger charge is 2.07. The van der Waals surface area contributed by atoms with E-state index in [2.05, 4.69) is 15.3 Å². The first kappa shape index (κ1) is 15.3. The molecule has 5 nitrogen and oxygen atoms in total. The van der Waals surface area contributed by atoms with Gasteiger partial charge in [-0.1, -0.05) is 24.3 Å². The zero-order chi connectivity index (χ0) is 14.9. The average Bonchev–Trinajstić information content (AvgIpc) is 2.53. The Kier molecular flexibility index (Phi) is 5.99. The third-order valence-electron chi connectivity index (χ3n) is 3.09. The number of nitrogens with one attached hydrogen (secondary N) is 1. The molecule has 21 heavy (non-hydrogen) atoms. The Labute approximate surface area is 124 Å². The molecule has 0 bridgehead atoms. The Morgan fingerprint density at radius 3 is 2.90 bits per heavy atom. The number of aliphatic hydroxyl groups excluding tert-OH is 1. The fourth-order valence-corrected chi connectivity index (χ4v) is 2.05. The van der Waals surface area contributed by atoms with Gasteiger partial charge < -0.3 is 15.2 Å². The first-order chi connectivity index (χ1) is 10.3. The summed E-state index contributed by atoms with van der Waals surface area (Å²) in [5.41, 5.74) is 2.71. The summed E-state index contributed by atoms with van der Waals surface area (Å²) < 4.78 is 0. The van der Waals surface area contributed by atoms with Crippen molar-refractivity contribution in [3.05, 3.63) is 47.8 Å². The van der Waals surface area contributed by atoms with Crippen molar-refractivity contribution in [3.63, 3.8) is 0 Å². The third kappa shape index (κ3) is 4.44. The minimum Gasteiger partial charge on any atom is -0.396 e. The van der Waals surface area contributed by atoms with Crippen LogP contribution in [0.3, 0.4) is 0 Å². The SMILES string of the molecule is O=CCc1ccccc1-c1nccc(CNCCCO)n1. The summed E-state index contributed by atoms with van der Waals surface area (Å²) in [4.78, 5) is 19.6. The average molecular weight is 285 g/mol. The van der Waals surface area contributed by atoms with Crippen LogP contribution in [0.4, 0.5) is 0 Å². The fourth-order valence-electron chi connectivity index (χ4n) is 2.05. The van der Waals surface area contributed by atoms with Crippen LogP contribution in [0, 0.1) is 0 Å². The van der Waals surface area contributed by atoms with E-state index in [1.807, 2.05) is 30.3 Å². The molecule has 0 aliphatic heterocycles. The lowest BCUT2D eigenvalue weighted by molar-refractivity contribution is -0.107. The second kappa shape index (κ2) is 8.24. The van der Waals surface area contributed by atoms with Crippen LogP contribution in [0.2, 0.25) is 0 Å². The van der Waals surface area contributed by atoms with E-state index in [-0.39, 0.29) is 6.61 Å². The smallest absolute Gasteiger partial charge is 0.159 e. The molecule has 1 heterocycles. The predicted molar refractivity (Wildman–Crippen MR) is 80.6 cm³/mol. The van der Waals surface area contributed by atoms with Gasteiger partial charge in [-0.05, 0) is 24.6 Å². The number of carbonyl (C=O) groups is 1. The van der Waals surface area contributed by atoms with Gasteiger partial charge in [0.15, 0.2) is 5.82 Å². The lowest BCUT2D eigenvalue weighted by atomic mass is 10.0. The first-order valence-corrected chi connectivity index (χ1v) is 7.00. The minimum atomic E-state index is 0.182. The molecule has 0 unspecified atom stereocenters. The molecule has 1 aromatic carbocycles. The van der Waals surface area contributed by atoms with E-state index in [1.165, 1.54) is 0 Å². The number of aromatic nitrogens is 2. The van der Waals surface area contributed by atoms with Crippen molar-refractivity contribution in [3.8, 4) is 11.4 Å². The van der Waals surface area contributed by atoms with Gasteiger partial charge in [-0.15, -0.1) is 0 Å². The Bertz CT molecular complexity index is 587. The van der Waals surface area contributed by atoms with E-state index in [0.29, 0.717) is 18.8 Å². The molecule has 0 amide bonds. The van der Waals surface area contributed by atoms with Gasteiger partial charge in [-0.3, -0.25) is 0 Å². The monoisotopic (exact) mass is 285 g/mol. The van der Waals surface area contributed by atoms with Crippen molar-refractivity contribution in [2.75, 3.05) is 13.2 Å². The Morgan fingerprint density at radius 1 is 1.24 bits per heavy atom. The van der Waals surface area contributed by atoms with Crippen LogP contribution in [-0.4, -0.2) is 34.5 Å². The highest BCUT2D eigenvalue weighted by atomic mass is 16.3. The van der Waals surface area contributed by atoms with E-state index in [4.69, 9.17) is 5.11 Å². The highest BCUT2D eigenvalue weighted by Crippen LogP contribution is 2.20. The topological polar surface area (TPSA) is 75.1 Å². The molecule has 2 aromatic rings. The third-order valence-corrected chi connectivity index (χ3v) is 3.09. The maximum Gasteiger partial charge on any atom is 0.159 e. The standard InChI is InChI=1S/C16H19N3O2/c20-10-3-8-17-12-14-6-9-18-16(19-14)15-5-2-1-4-13(15)7-11-21/h1-2,4-6,9,11,17,20H,3,7-8,10,12H2. The van der Waals surface area contributed by atoms with E-state index in [9.17, 15) is 4.79 Å². The molecule has 0 aliphatic rings. The molecule has 0 fully saturated rings. The molecule has 0 saturated carbocycles. The van der Waals surface area contributed by atoms with E-state index in [1.54, 1.807) is 6.20 Å². The Hall–Kier alpha value is -2.11. The normalized spacial score (nSPS) is 10.5. The second-order valence-corrected chi connectivity index (χ2v) is 4.65. The molecule has 0 spiro atoms. The zero-order valence-corrected chi connectivity index (χ0v) is 11.8. The van der Waals surface area contributed by atoms with Gasteiger partial charge in [0.2, 0.25) is 0 Å². The number of hydrogen-bond donors (Lipinski definition) is 2. The molecule has 0 aliphatic carbocycles. The van der Waals surface area contributed by atoms with Crippen molar-refractivity contribution in [1.82, 2.24) is 15.3 Å². The number of carbonyl (C=O) groups excluding carboxylic acids is 1. The Morgan fingerprint density at radius 2 is 2.10 bits per heavy atom. The number of rotatable bonds is 8. The van der Waals surface area contributed by atoms with Gasteiger partial charge in [-0.2, -0.15) is 0 Å². The van der Waals surface area contributed by atoms with Crippen LogP contribution < -0.4 is 5.32 Å². The van der Waals surface area contributed by atoms with E-state index >= 15 is 0 Å². The summed E-state index contributed by atoms with van der Waals surface area (Å²) in [7, 11) is 0. The lowest BCUT2D eigenvalue weighted by Gasteiger charge is -2.08. The van der Waals surface area contributed by atoms with Gasteiger partial charge in [0, 0.05) is 31.3 Å². The molecule has 0 saturated heterocycles. The molecular formula is C16H19N3O2. The predicted octanol–water partition coefficient (Wildman–Crippen LogP) is 1.36. The maximum absolute atomic E-state index is 10.8. The molecule has 2 rings (SSSR count). The molecule has 0 atom stereocenters. The van der Waals surface area contributed by atoms with Crippen LogP contribution in [-0.2, 0) is 17.8 Å². The molecular weight excluding hydrogens is 266 g/mol. The van der Waals surface area contributed by atoms with Gasteiger partial charge in [0.25, 0.3) is 0 Å². The van der Waals surface area contributed by atoms with Crippen molar-refractivity contribution in [1.29, 1.82) is 0 Å². The molecule has 110 valence electrons. The van der Waals surface area contributed by atoms with Crippen molar-refractivity contribution < 1.29 is 9.90 Å². The fraction of sp³-hybridized carbons (Fsp3) is 0.312. The minimum absolute atomic E-state index is 0.182. The van der Waals surface area contributed by atoms with Gasteiger partial charge in [0.05, 0.1) is 5.69 Å². The van der Waals surface area contributed by atoms with Gasteiger partial charge >= 0.3 is 0 Å². The number of benzene rings is 1. The van der Waals surface area contributed by atoms with Crippen molar-refractivity contribution in [2.45, 2.75) is 19.4 Å². The van der Waals surface area contributed by atoms with E-state index < -0.39 is 0 Å². The van der Waals surface area contributed by atoms with Crippen LogP contribution in [0.25, 0.3) is 11.4 Å². The summed E-state index contributed by atoms with van der Waals surface area (Å²) in [5, 5.41) is 12.0. The number of aldehydes is 1. The summed E-state index contributed by atoms with van der Waals surface area (Å²) in [6.45, 7) is 1.56. The summed E-state index contributed by atoms with van der Waals surface area (Å²) in [6, 6.07) is 9.52. The lowest BCUT2D eigenvalue weighted by Crippen LogP contribution is -2.16. The van der Waals surface area contributed by atoms with Crippen LogP contribution in [0.5, 0.6) is 0 Å². The zero-order valence-electron chi connectivity index (χ0n) is 11.8. The maximum atomic E-state index is 10.8. The van der Waals surface area contributed by atoms with Crippen LogP contribution >= 0.6 is 0 Å². The Balaban J connectivity index is 2.15.